The van der Waals surface area contributed by atoms with E-state index in [1.165, 1.54) is 49.6 Å². The minimum Gasteiger partial charge on any atom is -0.508 e. The Bertz CT molecular complexity index is 1310. The van der Waals surface area contributed by atoms with Crippen molar-refractivity contribution in [3.63, 3.8) is 0 Å². The number of carbonyl (C=O) groups is 2. The van der Waals surface area contributed by atoms with Crippen LogP contribution < -0.4 is 9.64 Å². The second-order valence-corrected chi connectivity index (χ2v) is 7.64. The second kappa shape index (κ2) is 8.55. The molecule has 1 saturated heterocycles. The quantitative estimate of drug-likeness (QED) is 0.319. The molecule has 33 heavy (non-hydrogen) atoms. The number of aromatic hydroxyl groups is 1. The van der Waals surface area contributed by atoms with Crippen LogP contribution in [0.25, 0.3) is 5.76 Å². The van der Waals surface area contributed by atoms with Crippen LogP contribution in [0.5, 0.6) is 11.5 Å². The summed E-state index contributed by atoms with van der Waals surface area (Å²) >= 11 is 6.05. The molecule has 0 saturated carbocycles. The van der Waals surface area contributed by atoms with Crippen LogP contribution in [0.2, 0.25) is 5.02 Å². The van der Waals surface area contributed by atoms with E-state index in [1.54, 1.807) is 0 Å². The monoisotopic (exact) mass is 471 g/mol. The van der Waals surface area contributed by atoms with Gasteiger partial charge in [0.05, 0.1) is 30.0 Å². The number of ketones is 1. The van der Waals surface area contributed by atoms with E-state index in [0.717, 1.165) is 23.1 Å². The summed E-state index contributed by atoms with van der Waals surface area (Å²) in [7, 11) is 1.35. The fourth-order valence-electron chi connectivity index (χ4n) is 3.73. The van der Waals surface area contributed by atoms with E-state index in [1.807, 2.05) is 0 Å². The molecule has 1 unspecified atom stereocenters. The first kappa shape index (κ1) is 22.3. The number of rotatable bonds is 4. The van der Waals surface area contributed by atoms with E-state index in [0.29, 0.717) is 0 Å². The molecular formula is C24H16ClF2NO5. The first-order valence-corrected chi connectivity index (χ1v) is 9.99. The number of hydrogen-bond acceptors (Lipinski definition) is 5. The van der Waals surface area contributed by atoms with Gasteiger partial charge in [-0.25, -0.2) is 8.78 Å². The summed E-state index contributed by atoms with van der Waals surface area (Å²) in [5.74, 6) is -4.58. The fraction of sp³-hybridized carbons (Fsp3) is 0.0833. The summed E-state index contributed by atoms with van der Waals surface area (Å²) in [6, 6.07) is 10.9. The first-order valence-electron chi connectivity index (χ1n) is 9.61. The van der Waals surface area contributed by atoms with Crippen molar-refractivity contribution >= 4 is 34.7 Å². The predicted molar refractivity (Wildman–Crippen MR) is 117 cm³/mol. The van der Waals surface area contributed by atoms with Gasteiger partial charge in [0.2, 0.25) is 0 Å². The number of hydrogen-bond donors (Lipinski definition) is 2. The number of phenolic OH excluding ortho intramolecular Hbond substituents is 1. The summed E-state index contributed by atoms with van der Waals surface area (Å²) in [5, 5.41) is 21.0. The van der Waals surface area contributed by atoms with E-state index < -0.39 is 40.8 Å². The van der Waals surface area contributed by atoms with Crippen LogP contribution >= 0.6 is 11.6 Å². The van der Waals surface area contributed by atoms with E-state index in [9.17, 15) is 28.6 Å². The van der Waals surface area contributed by atoms with Gasteiger partial charge in [0.25, 0.3) is 11.7 Å². The van der Waals surface area contributed by atoms with Gasteiger partial charge in [-0.05, 0) is 48.0 Å². The number of benzene rings is 3. The lowest BCUT2D eigenvalue weighted by Crippen LogP contribution is -2.30. The largest absolute Gasteiger partial charge is 0.508 e. The molecular weight excluding hydrogens is 456 g/mol. The van der Waals surface area contributed by atoms with Gasteiger partial charge in [-0.2, -0.15) is 0 Å². The van der Waals surface area contributed by atoms with Gasteiger partial charge < -0.3 is 14.9 Å². The van der Waals surface area contributed by atoms with Gasteiger partial charge in [-0.3, -0.25) is 14.5 Å². The van der Waals surface area contributed by atoms with Crippen molar-refractivity contribution in [1.29, 1.82) is 0 Å². The number of aliphatic hydroxyl groups is 1. The average molecular weight is 472 g/mol. The standard InChI is InChI=1S/C24H16ClF2NO5/c1-33-19-9-4-13(25)10-16(19)22(30)20-21(12-2-6-15(29)7-3-12)28(24(32)23(20)31)18-11-14(26)5-8-17(18)27/h2-11,21,29-30H,1H3/b22-20+. The third-order valence-electron chi connectivity index (χ3n) is 5.24. The molecule has 1 heterocycles. The molecule has 0 bridgehead atoms. The number of methoxy groups -OCH3 is 1. The average Bonchev–Trinajstić information content (AvgIpc) is 3.06. The highest BCUT2D eigenvalue weighted by molar-refractivity contribution is 6.51. The SMILES string of the molecule is COc1ccc(Cl)cc1/C(O)=C1\C(=O)C(=O)N(c2cc(F)ccc2F)C1c1ccc(O)cc1. The molecule has 1 amide bonds. The second-order valence-electron chi connectivity index (χ2n) is 7.20. The van der Waals surface area contributed by atoms with Crippen LogP contribution in [0.3, 0.4) is 0 Å². The van der Waals surface area contributed by atoms with Crippen LogP contribution in [0.15, 0.2) is 66.2 Å². The molecule has 6 nitrogen and oxygen atoms in total. The zero-order valence-electron chi connectivity index (χ0n) is 17.1. The summed E-state index contributed by atoms with van der Waals surface area (Å²) < 4.78 is 33.9. The third kappa shape index (κ3) is 3.89. The van der Waals surface area contributed by atoms with Gasteiger partial charge in [0.15, 0.2) is 0 Å². The van der Waals surface area contributed by atoms with Crippen molar-refractivity contribution in [2.24, 2.45) is 0 Å². The van der Waals surface area contributed by atoms with Crippen molar-refractivity contribution < 1.29 is 33.3 Å². The van der Waals surface area contributed by atoms with Gasteiger partial charge in [0.1, 0.15) is 28.9 Å². The molecule has 168 valence electrons. The summed E-state index contributed by atoms with van der Waals surface area (Å²) in [4.78, 5) is 26.9. The van der Waals surface area contributed by atoms with Crippen LogP contribution in [0.4, 0.5) is 14.5 Å². The number of ether oxygens (including phenoxy) is 1. The Kier molecular flexibility index (Phi) is 5.78. The zero-order chi connectivity index (χ0) is 23.9. The van der Waals surface area contributed by atoms with E-state index in [4.69, 9.17) is 16.3 Å². The first-order chi connectivity index (χ1) is 15.7. The van der Waals surface area contributed by atoms with Gasteiger partial charge in [-0.15, -0.1) is 0 Å². The minimum absolute atomic E-state index is 0.0338. The van der Waals surface area contributed by atoms with Gasteiger partial charge >= 0.3 is 0 Å². The fourth-order valence-corrected chi connectivity index (χ4v) is 3.91. The lowest BCUT2D eigenvalue weighted by atomic mass is 9.94. The number of amides is 1. The third-order valence-corrected chi connectivity index (χ3v) is 5.47. The number of carbonyl (C=O) groups excluding carboxylic acids is 2. The summed E-state index contributed by atoms with van der Waals surface area (Å²) in [6.07, 6.45) is 0. The molecule has 0 radical (unpaired) electrons. The predicted octanol–water partition coefficient (Wildman–Crippen LogP) is 4.96. The van der Waals surface area contributed by atoms with E-state index in [2.05, 4.69) is 0 Å². The Morgan fingerprint density at radius 2 is 1.73 bits per heavy atom. The lowest BCUT2D eigenvalue weighted by molar-refractivity contribution is -0.132. The normalized spacial score (nSPS) is 17.5. The van der Waals surface area contributed by atoms with Crippen LogP contribution in [0.1, 0.15) is 17.2 Å². The van der Waals surface area contributed by atoms with Crippen molar-refractivity contribution in [1.82, 2.24) is 0 Å². The molecule has 0 spiro atoms. The van der Waals surface area contributed by atoms with E-state index in [-0.39, 0.29) is 33.2 Å². The number of nitrogens with zero attached hydrogens (tertiary/aromatic N) is 1. The molecule has 1 fully saturated rings. The van der Waals surface area contributed by atoms with Crippen LogP contribution in [-0.2, 0) is 9.59 Å². The molecule has 1 atom stereocenters. The molecule has 9 heteroatoms. The minimum atomic E-state index is -1.33. The Hall–Kier alpha value is -3.91. The smallest absolute Gasteiger partial charge is 0.300 e. The van der Waals surface area contributed by atoms with Crippen molar-refractivity contribution in [2.45, 2.75) is 6.04 Å². The number of aliphatic hydroxyl groups excluding tert-OH is 1. The molecule has 1 aliphatic rings. The molecule has 0 aromatic heterocycles. The Labute approximate surface area is 191 Å². The van der Waals surface area contributed by atoms with Crippen molar-refractivity contribution in [2.75, 3.05) is 12.0 Å². The van der Waals surface area contributed by atoms with Crippen molar-refractivity contribution in [3.05, 3.63) is 94.0 Å². The number of Topliss-reactive ketones (excluding diaryl/α,β-unsaturated/α-hetero) is 1. The summed E-state index contributed by atoms with van der Waals surface area (Å²) in [6.45, 7) is 0. The highest BCUT2D eigenvalue weighted by Gasteiger charge is 2.48. The molecule has 4 rings (SSSR count). The molecule has 3 aromatic carbocycles. The van der Waals surface area contributed by atoms with Crippen molar-refractivity contribution in [3.8, 4) is 11.5 Å². The lowest BCUT2D eigenvalue weighted by Gasteiger charge is -2.26. The molecule has 1 aliphatic heterocycles. The number of halogens is 3. The highest BCUT2D eigenvalue weighted by Crippen LogP contribution is 2.44. The van der Waals surface area contributed by atoms with Gasteiger partial charge in [-0.1, -0.05) is 23.7 Å². The summed E-state index contributed by atoms with van der Waals surface area (Å²) in [5.41, 5.74) is -0.563. The number of anilines is 1. The molecule has 0 aliphatic carbocycles. The van der Waals surface area contributed by atoms with Crippen LogP contribution in [0, 0.1) is 11.6 Å². The highest BCUT2D eigenvalue weighted by atomic mass is 35.5. The topological polar surface area (TPSA) is 87.1 Å². The Morgan fingerprint density at radius 1 is 1.03 bits per heavy atom. The van der Waals surface area contributed by atoms with Crippen LogP contribution in [-0.4, -0.2) is 29.0 Å². The Morgan fingerprint density at radius 3 is 2.39 bits per heavy atom. The van der Waals surface area contributed by atoms with Gasteiger partial charge in [0, 0.05) is 11.1 Å². The Balaban J connectivity index is 2.02. The van der Waals surface area contributed by atoms with E-state index >= 15 is 0 Å². The maximum absolute atomic E-state index is 14.7. The maximum Gasteiger partial charge on any atom is 0.300 e. The molecule has 3 aromatic rings. The zero-order valence-corrected chi connectivity index (χ0v) is 17.8. The maximum atomic E-state index is 14.7. The number of phenols is 1. The molecule has 2 N–H and O–H groups in total.